The first kappa shape index (κ1) is 18.2. The first-order valence-corrected chi connectivity index (χ1v) is 8.17. The topological polar surface area (TPSA) is 101 Å². The Morgan fingerprint density at radius 1 is 1.15 bits per heavy atom. The number of nitrogens with one attached hydrogen (secondary N) is 2. The number of aromatic amines is 1. The molecule has 1 aromatic heterocycles. The van der Waals surface area contributed by atoms with E-state index in [1.165, 1.54) is 25.1 Å². The molecule has 1 amide bonds. The molecule has 7 nitrogen and oxygen atoms in total. The van der Waals surface area contributed by atoms with E-state index in [0.717, 1.165) is 0 Å². The van der Waals surface area contributed by atoms with Crippen LogP contribution in [0.15, 0.2) is 53.3 Å². The van der Waals surface area contributed by atoms with Crippen LogP contribution in [0.1, 0.15) is 12.6 Å². The monoisotopic (exact) mass is 369 g/mol. The molecule has 0 aliphatic rings. The molecule has 2 aromatic carbocycles. The summed E-state index contributed by atoms with van der Waals surface area (Å²) in [4.78, 5) is 36.0. The molecule has 0 spiro atoms. The van der Waals surface area contributed by atoms with E-state index in [9.17, 15) is 18.8 Å². The van der Waals surface area contributed by atoms with Crippen LogP contribution in [0.25, 0.3) is 10.8 Å². The number of rotatable bonds is 5. The van der Waals surface area contributed by atoms with E-state index in [2.05, 4.69) is 15.5 Å². The molecule has 1 atom stereocenters. The fraction of sp³-hybridized carbons (Fsp3) is 0.158. The van der Waals surface area contributed by atoms with E-state index in [0.29, 0.717) is 16.5 Å². The van der Waals surface area contributed by atoms with Gasteiger partial charge in [0.05, 0.1) is 23.2 Å². The summed E-state index contributed by atoms with van der Waals surface area (Å²) >= 11 is 0. The van der Waals surface area contributed by atoms with E-state index in [4.69, 9.17) is 4.74 Å². The van der Waals surface area contributed by atoms with Crippen LogP contribution in [0.4, 0.5) is 10.1 Å². The van der Waals surface area contributed by atoms with Crippen molar-refractivity contribution in [3.8, 4) is 0 Å². The lowest BCUT2D eigenvalue weighted by Crippen LogP contribution is -2.31. The minimum absolute atomic E-state index is 0.00121. The molecule has 27 heavy (non-hydrogen) atoms. The summed E-state index contributed by atoms with van der Waals surface area (Å²) in [6.45, 7) is 1.38. The van der Waals surface area contributed by atoms with Crippen LogP contribution in [0.2, 0.25) is 0 Å². The maximum atomic E-state index is 13.6. The Morgan fingerprint density at radius 2 is 1.81 bits per heavy atom. The molecule has 2 N–H and O–H groups in total. The molecule has 0 unspecified atom stereocenters. The predicted octanol–water partition coefficient (Wildman–Crippen LogP) is 2.18. The van der Waals surface area contributed by atoms with Crippen molar-refractivity contribution in [3.63, 3.8) is 0 Å². The third-order valence-corrected chi connectivity index (χ3v) is 3.90. The number of amides is 1. The molecule has 3 aromatic rings. The fourth-order valence-corrected chi connectivity index (χ4v) is 2.53. The molecule has 0 saturated heterocycles. The summed E-state index contributed by atoms with van der Waals surface area (Å²) in [5.41, 5.74) is -0.0315. The predicted molar refractivity (Wildman–Crippen MR) is 96.7 cm³/mol. The molecule has 1 heterocycles. The highest BCUT2D eigenvalue weighted by Crippen LogP contribution is 2.15. The number of carbonyl (C=O) groups excluding carboxylic acids is 2. The molecule has 8 heteroatoms. The Balaban J connectivity index is 1.67. The molecular weight excluding hydrogens is 353 g/mol. The van der Waals surface area contributed by atoms with Gasteiger partial charge in [-0.1, -0.05) is 30.3 Å². The average Bonchev–Trinajstić information content (AvgIpc) is 2.66. The number of fused-ring (bicyclic) bond motifs is 1. The van der Waals surface area contributed by atoms with Gasteiger partial charge >= 0.3 is 5.97 Å². The minimum atomic E-state index is -1.13. The van der Waals surface area contributed by atoms with Crippen molar-refractivity contribution >= 4 is 28.3 Å². The number of para-hydroxylation sites is 1. The number of nitrogens with zero attached hydrogens (tertiary/aromatic N) is 1. The van der Waals surface area contributed by atoms with Gasteiger partial charge in [-0.15, -0.1) is 0 Å². The summed E-state index contributed by atoms with van der Waals surface area (Å²) < 4.78 is 18.7. The quantitative estimate of drug-likeness (QED) is 0.671. The number of aromatic nitrogens is 2. The average molecular weight is 369 g/mol. The van der Waals surface area contributed by atoms with Crippen LogP contribution in [-0.2, 0) is 20.7 Å². The number of anilines is 1. The molecule has 0 radical (unpaired) electrons. The third-order valence-electron chi connectivity index (χ3n) is 3.90. The van der Waals surface area contributed by atoms with Gasteiger partial charge < -0.3 is 10.1 Å². The van der Waals surface area contributed by atoms with E-state index < -0.39 is 23.8 Å². The van der Waals surface area contributed by atoms with Gasteiger partial charge in [-0.05, 0) is 25.1 Å². The van der Waals surface area contributed by atoms with Gasteiger partial charge in [0.15, 0.2) is 6.10 Å². The van der Waals surface area contributed by atoms with E-state index >= 15 is 0 Å². The zero-order valence-electron chi connectivity index (χ0n) is 14.4. The van der Waals surface area contributed by atoms with Crippen molar-refractivity contribution in [3.05, 3.63) is 70.4 Å². The Kier molecular flexibility index (Phi) is 5.25. The summed E-state index contributed by atoms with van der Waals surface area (Å²) in [6.07, 6.45) is -1.36. The van der Waals surface area contributed by atoms with Crippen LogP contribution in [0.3, 0.4) is 0 Å². The van der Waals surface area contributed by atoms with Gasteiger partial charge in [0.1, 0.15) is 5.82 Å². The number of benzene rings is 2. The summed E-state index contributed by atoms with van der Waals surface area (Å²) in [7, 11) is 0. The second-order valence-corrected chi connectivity index (χ2v) is 5.82. The third kappa shape index (κ3) is 4.17. The van der Waals surface area contributed by atoms with Gasteiger partial charge in [0, 0.05) is 5.39 Å². The van der Waals surface area contributed by atoms with Crippen LogP contribution >= 0.6 is 0 Å². The largest absolute Gasteiger partial charge is 0.452 e. The van der Waals surface area contributed by atoms with Crippen LogP contribution in [0.5, 0.6) is 0 Å². The van der Waals surface area contributed by atoms with Crippen molar-refractivity contribution in [1.82, 2.24) is 10.2 Å². The van der Waals surface area contributed by atoms with Gasteiger partial charge in [0.2, 0.25) is 0 Å². The zero-order chi connectivity index (χ0) is 19.4. The molecule has 3 rings (SSSR count). The van der Waals surface area contributed by atoms with Crippen molar-refractivity contribution in [2.45, 2.75) is 19.4 Å². The molecule has 138 valence electrons. The Bertz CT molecular complexity index is 1060. The Labute approximate surface area is 153 Å². The first-order valence-electron chi connectivity index (χ1n) is 8.17. The van der Waals surface area contributed by atoms with Crippen molar-refractivity contribution < 1.29 is 18.7 Å². The van der Waals surface area contributed by atoms with E-state index in [-0.39, 0.29) is 17.7 Å². The summed E-state index contributed by atoms with van der Waals surface area (Å²) in [6, 6.07) is 12.4. The summed E-state index contributed by atoms with van der Waals surface area (Å²) in [5.74, 6) is -1.95. The number of hydrogen-bond acceptors (Lipinski definition) is 5. The molecule has 0 aliphatic heterocycles. The number of hydrogen-bond donors (Lipinski definition) is 2. The molecule has 0 bridgehead atoms. The lowest BCUT2D eigenvalue weighted by atomic mass is 10.1. The minimum Gasteiger partial charge on any atom is -0.452 e. The van der Waals surface area contributed by atoms with Crippen molar-refractivity contribution in [2.24, 2.45) is 0 Å². The maximum absolute atomic E-state index is 13.6. The molecule has 0 fully saturated rings. The first-order chi connectivity index (χ1) is 13.0. The van der Waals surface area contributed by atoms with Gasteiger partial charge in [-0.3, -0.25) is 14.4 Å². The lowest BCUT2D eigenvalue weighted by Gasteiger charge is -2.14. The normalized spacial score (nSPS) is 11.8. The lowest BCUT2D eigenvalue weighted by molar-refractivity contribution is -0.152. The Hall–Kier alpha value is -3.55. The molecular formula is C19H16FN3O4. The smallest absolute Gasteiger partial charge is 0.312 e. The second kappa shape index (κ2) is 7.77. The highest BCUT2D eigenvalue weighted by Gasteiger charge is 2.20. The highest BCUT2D eigenvalue weighted by atomic mass is 19.1. The summed E-state index contributed by atoms with van der Waals surface area (Å²) in [5, 5.41) is 9.51. The standard InChI is InChI=1S/C19H16FN3O4/c1-11(18(25)21-15-9-5-4-8-14(15)20)27-17(24)10-16-12-6-2-3-7-13(12)19(26)23-22-16/h2-9,11H,10H2,1H3,(H,21,25)(H,23,26)/t11-/m1/s1. The highest BCUT2D eigenvalue weighted by molar-refractivity contribution is 5.95. The van der Waals surface area contributed by atoms with E-state index in [1.807, 2.05) is 0 Å². The van der Waals surface area contributed by atoms with Gasteiger partial charge in [0.25, 0.3) is 11.5 Å². The van der Waals surface area contributed by atoms with Crippen molar-refractivity contribution in [2.75, 3.05) is 5.32 Å². The Morgan fingerprint density at radius 3 is 2.56 bits per heavy atom. The zero-order valence-corrected chi connectivity index (χ0v) is 14.4. The van der Waals surface area contributed by atoms with Crippen molar-refractivity contribution in [1.29, 1.82) is 0 Å². The van der Waals surface area contributed by atoms with E-state index in [1.54, 1.807) is 30.3 Å². The van der Waals surface area contributed by atoms with Crippen LogP contribution in [0, 0.1) is 5.82 Å². The van der Waals surface area contributed by atoms with Gasteiger partial charge in [-0.2, -0.15) is 5.10 Å². The number of esters is 1. The maximum Gasteiger partial charge on any atom is 0.312 e. The molecule has 0 aliphatic carbocycles. The van der Waals surface area contributed by atoms with Gasteiger partial charge in [-0.25, -0.2) is 9.49 Å². The fourth-order valence-electron chi connectivity index (χ4n) is 2.53. The van der Waals surface area contributed by atoms with Crippen LogP contribution < -0.4 is 10.9 Å². The van der Waals surface area contributed by atoms with Crippen LogP contribution in [-0.4, -0.2) is 28.2 Å². The number of halogens is 1. The number of ether oxygens (including phenoxy) is 1. The second-order valence-electron chi connectivity index (χ2n) is 5.82. The number of carbonyl (C=O) groups is 2. The SMILES string of the molecule is C[C@@H](OC(=O)Cc1n[nH]c(=O)c2ccccc12)C(=O)Nc1ccccc1F. The number of H-pyrrole nitrogens is 1. The molecule has 0 saturated carbocycles.